The number of carbonyl (C=O) groups is 1. The first-order valence-electron chi connectivity index (χ1n) is 6.35. The molecule has 0 bridgehead atoms. The summed E-state index contributed by atoms with van der Waals surface area (Å²) in [5.41, 5.74) is 1.77. The molecule has 0 unspecified atom stereocenters. The van der Waals surface area contributed by atoms with Crippen molar-refractivity contribution in [3.05, 3.63) is 63.8 Å². The minimum atomic E-state index is 0.0928. The molecule has 0 atom stereocenters. The molecule has 3 aromatic rings. The van der Waals surface area contributed by atoms with Gasteiger partial charge in [-0.15, -0.1) is 11.3 Å². The lowest BCUT2D eigenvalue weighted by atomic mass is 10.0. The van der Waals surface area contributed by atoms with E-state index in [2.05, 4.69) is 0 Å². The van der Waals surface area contributed by atoms with Gasteiger partial charge in [-0.2, -0.15) is 0 Å². The van der Waals surface area contributed by atoms with Gasteiger partial charge >= 0.3 is 0 Å². The minimum Gasteiger partial charge on any atom is -0.497 e. The van der Waals surface area contributed by atoms with E-state index in [0.29, 0.717) is 0 Å². The molecule has 3 rings (SSSR count). The highest BCUT2D eigenvalue weighted by Crippen LogP contribution is 2.25. The molecular formula is C17H14O2S. The van der Waals surface area contributed by atoms with Gasteiger partial charge < -0.3 is 4.74 Å². The molecule has 0 amide bonds. The van der Waals surface area contributed by atoms with Gasteiger partial charge in [-0.25, -0.2) is 0 Å². The average molecular weight is 282 g/mol. The number of ether oxygens (including phenoxy) is 1. The van der Waals surface area contributed by atoms with E-state index in [1.807, 2.05) is 54.8 Å². The van der Waals surface area contributed by atoms with Crippen LogP contribution in [0, 0.1) is 6.92 Å². The second kappa shape index (κ2) is 5.10. The summed E-state index contributed by atoms with van der Waals surface area (Å²) in [5.74, 6) is 0.917. The minimum absolute atomic E-state index is 0.0928. The highest BCUT2D eigenvalue weighted by Gasteiger charge is 2.13. The number of carbonyl (C=O) groups excluding carboxylic acids is 1. The maximum absolute atomic E-state index is 12.5. The third kappa shape index (κ3) is 2.21. The van der Waals surface area contributed by atoms with Gasteiger partial charge in [0.2, 0.25) is 5.78 Å². The van der Waals surface area contributed by atoms with Crippen molar-refractivity contribution in [3.8, 4) is 5.75 Å². The Kier molecular flexibility index (Phi) is 3.28. The van der Waals surface area contributed by atoms with Crippen LogP contribution in [0.15, 0.2) is 47.8 Å². The first-order chi connectivity index (χ1) is 9.69. The molecule has 20 heavy (non-hydrogen) atoms. The second-order valence-corrected chi connectivity index (χ2v) is 5.61. The van der Waals surface area contributed by atoms with Gasteiger partial charge in [0.05, 0.1) is 12.0 Å². The Balaban J connectivity index is 2.05. The Morgan fingerprint density at radius 2 is 1.80 bits per heavy atom. The number of aryl methyl sites for hydroxylation is 1. The fourth-order valence-electron chi connectivity index (χ4n) is 2.23. The monoisotopic (exact) mass is 282 g/mol. The zero-order valence-electron chi connectivity index (χ0n) is 11.3. The third-order valence-electron chi connectivity index (χ3n) is 3.38. The normalized spacial score (nSPS) is 10.7. The van der Waals surface area contributed by atoms with E-state index >= 15 is 0 Å². The van der Waals surface area contributed by atoms with Crippen molar-refractivity contribution in [2.24, 2.45) is 0 Å². The van der Waals surface area contributed by atoms with Gasteiger partial charge in [0.15, 0.2) is 0 Å². The molecule has 0 aliphatic carbocycles. The molecule has 0 aliphatic heterocycles. The number of benzene rings is 2. The van der Waals surface area contributed by atoms with Crippen LogP contribution >= 0.6 is 11.3 Å². The molecule has 100 valence electrons. The summed E-state index contributed by atoms with van der Waals surface area (Å²) >= 11 is 1.49. The number of hydrogen-bond donors (Lipinski definition) is 0. The molecule has 0 fully saturated rings. The summed E-state index contributed by atoms with van der Waals surface area (Å²) < 4.78 is 5.21. The molecule has 2 nitrogen and oxygen atoms in total. The lowest BCUT2D eigenvalue weighted by molar-refractivity contribution is 0.104. The largest absolute Gasteiger partial charge is 0.497 e. The summed E-state index contributed by atoms with van der Waals surface area (Å²) in [7, 11) is 1.65. The predicted octanol–water partition coefficient (Wildman–Crippen LogP) is 4.45. The number of methoxy groups -OCH3 is 1. The first kappa shape index (κ1) is 12.9. The average Bonchev–Trinajstić information content (AvgIpc) is 2.91. The summed E-state index contributed by atoms with van der Waals surface area (Å²) in [6, 6.07) is 13.6. The molecule has 3 heteroatoms. The predicted molar refractivity (Wildman–Crippen MR) is 83.0 cm³/mol. The summed E-state index contributed by atoms with van der Waals surface area (Å²) in [6.45, 7) is 1.97. The fraction of sp³-hybridized carbons (Fsp3) is 0.118. The standard InChI is InChI=1S/C17H14O2S/c1-11-7-8-20-17(11)16(18)14-4-3-13-10-15(19-2)6-5-12(13)9-14/h3-10H,1-2H3. The van der Waals surface area contributed by atoms with Gasteiger partial charge in [0.1, 0.15) is 5.75 Å². The Morgan fingerprint density at radius 3 is 2.50 bits per heavy atom. The SMILES string of the molecule is COc1ccc2cc(C(=O)c3sccc3C)ccc2c1. The Morgan fingerprint density at radius 1 is 1.05 bits per heavy atom. The fourth-order valence-corrected chi connectivity index (χ4v) is 3.12. The highest BCUT2D eigenvalue weighted by atomic mass is 32.1. The van der Waals surface area contributed by atoms with E-state index in [0.717, 1.165) is 32.5 Å². The molecule has 1 aromatic heterocycles. The van der Waals surface area contributed by atoms with Crippen LogP contribution in [0.5, 0.6) is 5.75 Å². The first-order valence-corrected chi connectivity index (χ1v) is 7.23. The van der Waals surface area contributed by atoms with Crippen molar-refractivity contribution < 1.29 is 9.53 Å². The highest BCUT2D eigenvalue weighted by molar-refractivity contribution is 7.12. The van der Waals surface area contributed by atoms with Crippen LogP contribution < -0.4 is 4.74 Å². The van der Waals surface area contributed by atoms with Gasteiger partial charge in [0, 0.05) is 5.56 Å². The summed E-state index contributed by atoms with van der Waals surface area (Å²) in [6.07, 6.45) is 0. The van der Waals surface area contributed by atoms with Crippen LogP contribution in [0.4, 0.5) is 0 Å². The molecule has 0 saturated heterocycles. The van der Waals surface area contributed by atoms with Gasteiger partial charge in [-0.05, 0) is 52.9 Å². The van der Waals surface area contributed by atoms with E-state index in [1.54, 1.807) is 7.11 Å². The van der Waals surface area contributed by atoms with Crippen molar-refractivity contribution in [2.75, 3.05) is 7.11 Å². The molecule has 0 aliphatic rings. The molecule has 0 N–H and O–H groups in total. The quantitative estimate of drug-likeness (QED) is 0.663. The van der Waals surface area contributed by atoms with E-state index in [4.69, 9.17) is 4.74 Å². The van der Waals surface area contributed by atoms with Crippen LogP contribution in [0.1, 0.15) is 20.8 Å². The van der Waals surface area contributed by atoms with Crippen LogP contribution in [0.3, 0.4) is 0 Å². The molecular weight excluding hydrogens is 268 g/mol. The maximum atomic E-state index is 12.5. The summed E-state index contributed by atoms with van der Waals surface area (Å²) in [5, 5.41) is 4.07. The lowest BCUT2D eigenvalue weighted by Gasteiger charge is -2.05. The Hall–Kier alpha value is -2.13. The van der Waals surface area contributed by atoms with E-state index in [-0.39, 0.29) is 5.78 Å². The number of ketones is 1. The van der Waals surface area contributed by atoms with Gasteiger partial charge in [-0.3, -0.25) is 4.79 Å². The Bertz CT molecular complexity index is 787. The molecule has 0 radical (unpaired) electrons. The van der Waals surface area contributed by atoms with Crippen LogP contribution in [0.2, 0.25) is 0 Å². The van der Waals surface area contributed by atoms with Gasteiger partial charge in [-0.1, -0.05) is 18.2 Å². The zero-order chi connectivity index (χ0) is 14.1. The van der Waals surface area contributed by atoms with Crippen molar-refractivity contribution >= 4 is 27.9 Å². The molecule has 0 spiro atoms. The molecule has 0 saturated carbocycles. The maximum Gasteiger partial charge on any atom is 0.203 e. The second-order valence-electron chi connectivity index (χ2n) is 4.69. The van der Waals surface area contributed by atoms with Crippen LogP contribution in [-0.2, 0) is 0 Å². The number of hydrogen-bond acceptors (Lipinski definition) is 3. The molecule has 2 aromatic carbocycles. The third-order valence-corrected chi connectivity index (χ3v) is 4.39. The van der Waals surface area contributed by atoms with Crippen molar-refractivity contribution in [3.63, 3.8) is 0 Å². The van der Waals surface area contributed by atoms with E-state index in [1.165, 1.54) is 11.3 Å². The zero-order valence-corrected chi connectivity index (χ0v) is 12.2. The van der Waals surface area contributed by atoms with E-state index in [9.17, 15) is 4.79 Å². The summed E-state index contributed by atoms with van der Waals surface area (Å²) in [4.78, 5) is 13.3. The smallest absolute Gasteiger partial charge is 0.203 e. The van der Waals surface area contributed by atoms with Crippen LogP contribution in [0.25, 0.3) is 10.8 Å². The van der Waals surface area contributed by atoms with Crippen LogP contribution in [-0.4, -0.2) is 12.9 Å². The number of fused-ring (bicyclic) bond motifs is 1. The van der Waals surface area contributed by atoms with Crippen molar-refractivity contribution in [2.45, 2.75) is 6.92 Å². The lowest BCUT2D eigenvalue weighted by Crippen LogP contribution is -2.00. The van der Waals surface area contributed by atoms with Crippen molar-refractivity contribution in [1.82, 2.24) is 0 Å². The van der Waals surface area contributed by atoms with Gasteiger partial charge in [0.25, 0.3) is 0 Å². The number of rotatable bonds is 3. The van der Waals surface area contributed by atoms with Crippen molar-refractivity contribution in [1.29, 1.82) is 0 Å². The van der Waals surface area contributed by atoms with E-state index < -0.39 is 0 Å². The molecule has 1 heterocycles. The Labute approximate surface area is 121 Å². The number of thiophene rings is 1. The topological polar surface area (TPSA) is 26.3 Å².